The van der Waals surface area contributed by atoms with Crippen LogP contribution in [0, 0.1) is 0 Å². The Balaban J connectivity index is 1.79. The molecular formula is C15H15NO3S3. The smallest absolute Gasteiger partial charge is 0.321 e. The van der Waals surface area contributed by atoms with Crippen LogP contribution in [-0.2, 0) is 22.3 Å². The van der Waals surface area contributed by atoms with E-state index in [4.69, 9.17) is 0 Å². The van der Waals surface area contributed by atoms with Crippen molar-refractivity contribution < 1.29 is 14.1 Å². The van der Waals surface area contributed by atoms with Crippen molar-refractivity contribution >= 4 is 51.8 Å². The van der Waals surface area contributed by atoms with E-state index in [1.54, 1.807) is 33.9 Å². The number of fused-ring (bicyclic) bond motifs is 1. The van der Waals surface area contributed by atoms with Gasteiger partial charge >= 0.3 is 5.97 Å². The molecular weight excluding hydrogens is 338 g/mol. The van der Waals surface area contributed by atoms with E-state index in [1.807, 2.05) is 35.7 Å². The number of thiophene rings is 2. The molecule has 0 aliphatic carbocycles. The number of hydrogen-bond acceptors (Lipinski definition) is 4. The molecule has 1 N–H and O–H groups in total. The van der Waals surface area contributed by atoms with Crippen LogP contribution in [0.1, 0.15) is 28.0 Å². The molecule has 7 heteroatoms. The first kappa shape index (κ1) is 15.6. The molecule has 3 rings (SSSR count). The molecule has 1 aliphatic heterocycles. The largest absolute Gasteiger partial charge is 0.480 e. The van der Waals surface area contributed by atoms with Gasteiger partial charge in [-0.15, -0.1) is 22.7 Å². The van der Waals surface area contributed by atoms with Crippen molar-refractivity contribution in [3.05, 3.63) is 38.2 Å². The average molecular weight is 353 g/mol. The first-order valence-corrected chi connectivity index (χ1v) is 9.66. The third kappa shape index (κ3) is 2.94. The number of hydrogen-bond donors (Lipinski definition) is 1. The Morgan fingerprint density at radius 1 is 1.50 bits per heavy atom. The van der Waals surface area contributed by atoms with Gasteiger partial charge in [0.25, 0.3) is 0 Å². The number of carboxylic acids is 1. The first-order chi connectivity index (χ1) is 10.6. The summed E-state index contributed by atoms with van der Waals surface area (Å²) in [5.74, 6) is -0.913. The number of carbonyl (C=O) groups is 1. The molecule has 0 saturated carbocycles. The maximum absolute atomic E-state index is 12.5. The van der Waals surface area contributed by atoms with Gasteiger partial charge < -0.3 is 5.11 Å². The molecule has 4 nitrogen and oxygen atoms in total. The molecule has 3 heterocycles. The van der Waals surface area contributed by atoms with Gasteiger partial charge in [0.2, 0.25) is 0 Å². The molecule has 2 unspecified atom stereocenters. The van der Waals surface area contributed by atoms with Crippen LogP contribution in [0.3, 0.4) is 0 Å². The molecule has 1 aliphatic rings. The summed E-state index contributed by atoms with van der Waals surface area (Å²) >= 11 is 3.25. The second-order valence-electron chi connectivity index (χ2n) is 4.87. The Labute approximate surface area is 139 Å². The second kappa shape index (κ2) is 6.45. The lowest BCUT2D eigenvalue weighted by Crippen LogP contribution is -2.38. The summed E-state index contributed by atoms with van der Waals surface area (Å²) in [5.41, 5.74) is 0. The van der Waals surface area contributed by atoms with Crippen molar-refractivity contribution in [2.45, 2.75) is 30.8 Å². The fourth-order valence-electron chi connectivity index (χ4n) is 2.38. The third-order valence-electron chi connectivity index (χ3n) is 3.46. The molecule has 0 radical (unpaired) electrons. The third-order valence-corrected chi connectivity index (χ3v) is 7.07. The molecule has 22 heavy (non-hydrogen) atoms. The number of aliphatic carboxylic acids is 1. The lowest BCUT2D eigenvalue weighted by Gasteiger charge is -2.20. The number of rotatable bonds is 5. The fourth-order valence-corrected chi connectivity index (χ4v) is 5.91. The van der Waals surface area contributed by atoms with Crippen LogP contribution >= 0.6 is 22.7 Å². The maximum Gasteiger partial charge on any atom is 0.321 e. The molecule has 0 fully saturated rings. The van der Waals surface area contributed by atoms with E-state index in [0.717, 1.165) is 14.6 Å². The second-order valence-corrected chi connectivity index (χ2v) is 8.43. The minimum Gasteiger partial charge on any atom is -0.480 e. The molecule has 116 valence electrons. The van der Waals surface area contributed by atoms with E-state index in [9.17, 15) is 14.1 Å². The van der Waals surface area contributed by atoms with Gasteiger partial charge in [0.05, 0.1) is 4.90 Å². The minimum absolute atomic E-state index is 0.446. The predicted octanol–water partition coefficient (Wildman–Crippen LogP) is 3.68. The van der Waals surface area contributed by atoms with Gasteiger partial charge in [0.1, 0.15) is 17.0 Å². The first-order valence-electron chi connectivity index (χ1n) is 6.85. The quantitative estimate of drug-likeness (QED) is 0.892. The molecule has 0 saturated heterocycles. The lowest BCUT2D eigenvalue weighted by atomic mass is 10.2. The van der Waals surface area contributed by atoms with Crippen molar-refractivity contribution in [2.24, 2.45) is 0 Å². The van der Waals surface area contributed by atoms with Gasteiger partial charge in [-0.3, -0.25) is 4.79 Å². The lowest BCUT2D eigenvalue weighted by molar-refractivity contribution is -0.141. The van der Waals surface area contributed by atoms with Gasteiger partial charge in [0.15, 0.2) is 0 Å². The standard InChI is InChI=1S/C15H15NO3S3/c1-2-12(15(17)18)16-9-13-14(22(16)19)8-11(21-13)6-5-10-4-3-7-20-10/h3-8,12H,2,9H2,1H3,(H,17,18)/b6-5+. The summed E-state index contributed by atoms with van der Waals surface area (Å²) in [7, 11) is -1.37. The van der Waals surface area contributed by atoms with E-state index < -0.39 is 23.0 Å². The van der Waals surface area contributed by atoms with Gasteiger partial charge in [-0.25, -0.2) is 8.51 Å². The Morgan fingerprint density at radius 2 is 2.27 bits per heavy atom. The molecule has 2 aromatic rings. The van der Waals surface area contributed by atoms with Gasteiger partial charge in [-0.1, -0.05) is 13.0 Å². The van der Waals surface area contributed by atoms with Gasteiger partial charge in [-0.2, -0.15) is 0 Å². The highest BCUT2D eigenvalue weighted by Crippen LogP contribution is 2.36. The highest BCUT2D eigenvalue weighted by atomic mass is 32.2. The van der Waals surface area contributed by atoms with Crippen LogP contribution in [0.25, 0.3) is 12.2 Å². The van der Waals surface area contributed by atoms with E-state index in [-0.39, 0.29) is 0 Å². The minimum atomic E-state index is -1.37. The highest BCUT2D eigenvalue weighted by molar-refractivity contribution is 7.83. The van der Waals surface area contributed by atoms with Crippen LogP contribution in [0.15, 0.2) is 28.5 Å². The molecule has 0 bridgehead atoms. The normalized spacial score (nSPS) is 19.6. The summed E-state index contributed by atoms with van der Waals surface area (Å²) in [6.07, 6.45) is 4.50. The van der Waals surface area contributed by atoms with Crippen molar-refractivity contribution in [3.63, 3.8) is 0 Å². The van der Waals surface area contributed by atoms with Crippen molar-refractivity contribution in [3.8, 4) is 0 Å². The van der Waals surface area contributed by atoms with E-state index in [0.29, 0.717) is 13.0 Å². The summed E-state index contributed by atoms with van der Waals surface area (Å²) < 4.78 is 14.1. The zero-order valence-corrected chi connectivity index (χ0v) is 14.3. The van der Waals surface area contributed by atoms with Crippen LogP contribution in [0.2, 0.25) is 0 Å². The van der Waals surface area contributed by atoms with E-state index in [2.05, 4.69) is 0 Å². The van der Waals surface area contributed by atoms with Crippen molar-refractivity contribution in [1.29, 1.82) is 0 Å². The summed E-state index contributed by atoms with van der Waals surface area (Å²) in [6, 6.07) is 5.27. The van der Waals surface area contributed by atoms with Gasteiger partial charge in [-0.05, 0) is 36.1 Å². The van der Waals surface area contributed by atoms with E-state index >= 15 is 0 Å². The monoisotopic (exact) mass is 353 g/mol. The zero-order valence-electron chi connectivity index (χ0n) is 11.9. The van der Waals surface area contributed by atoms with Crippen LogP contribution in [0.4, 0.5) is 0 Å². The Hall–Kier alpha value is -1.28. The Morgan fingerprint density at radius 3 is 2.86 bits per heavy atom. The molecule has 0 amide bonds. The number of nitrogens with zero attached hydrogens (tertiary/aromatic N) is 1. The SMILES string of the molecule is CCC(C(=O)O)N1Cc2sc(/C=C/c3cccs3)cc2S1=O. The van der Waals surface area contributed by atoms with Crippen molar-refractivity contribution in [2.75, 3.05) is 0 Å². The molecule has 2 atom stereocenters. The summed E-state index contributed by atoms with van der Waals surface area (Å²) in [5, 5.41) is 11.3. The maximum atomic E-state index is 12.5. The Bertz CT molecular complexity index is 733. The Kier molecular flexibility index (Phi) is 4.58. The van der Waals surface area contributed by atoms with Crippen LogP contribution in [-0.4, -0.2) is 25.6 Å². The molecule has 0 spiro atoms. The summed E-state index contributed by atoms with van der Waals surface area (Å²) in [6.45, 7) is 2.25. The zero-order chi connectivity index (χ0) is 15.7. The van der Waals surface area contributed by atoms with Crippen molar-refractivity contribution in [1.82, 2.24) is 4.31 Å². The highest BCUT2D eigenvalue weighted by Gasteiger charge is 2.36. The number of carboxylic acid groups (broad SMARTS) is 1. The average Bonchev–Trinajstić information content (AvgIpc) is 3.17. The predicted molar refractivity (Wildman–Crippen MR) is 91.2 cm³/mol. The molecule has 2 aromatic heterocycles. The topological polar surface area (TPSA) is 57.6 Å². The van der Waals surface area contributed by atoms with Gasteiger partial charge in [0, 0.05) is 21.2 Å². The molecule has 0 aromatic carbocycles. The fraction of sp³-hybridized carbons (Fsp3) is 0.267. The van der Waals surface area contributed by atoms with Crippen LogP contribution < -0.4 is 0 Å². The van der Waals surface area contributed by atoms with Crippen LogP contribution in [0.5, 0.6) is 0 Å². The summed E-state index contributed by atoms with van der Waals surface area (Å²) in [4.78, 5) is 15.2. The van der Waals surface area contributed by atoms with E-state index in [1.165, 1.54) is 4.88 Å².